The maximum Gasteiger partial charge on any atom is 0.253 e. The third-order valence-electron chi connectivity index (χ3n) is 5.09. The van der Waals surface area contributed by atoms with Gasteiger partial charge in [0.05, 0.1) is 23.8 Å². The van der Waals surface area contributed by atoms with Crippen LogP contribution in [0.15, 0.2) is 54.9 Å². The molecule has 2 aromatic carbocycles. The fraction of sp³-hybridized carbons (Fsp3) is 0.286. The standard InChI is InChI=1S/C21H22N4O2/c1-23-15-22-18-13-16(7-8-19(18)23)14-20(26)24-9-11-25(12-10-24)21(27)17-5-3-2-4-6-17/h2-8,13,15H,9-12,14H2,1H3. The molecule has 0 radical (unpaired) electrons. The molecule has 0 bridgehead atoms. The van der Waals surface area contributed by atoms with Crippen LogP contribution in [-0.4, -0.2) is 57.3 Å². The van der Waals surface area contributed by atoms with Crippen molar-refractivity contribution in [3.8, 4) is 0 Å². The number of amides is 2. The largest absolute Gasteiger partial charge is 0.339 e. The van der Waals surface area contributed by atoms with Gasteiger partial charge in [-0.25, -0.2) is 4.98 Å². The quantitative estimate of drug-likeness (QED) is 0.717. The number of hydrogen-bond donors (Lipinski definition) is 0. The number of rotatable bonds is 3. The summed E-state index contributed by atoms with van der Waals surface area (Å²) >= 11 is 0. The minimum atomic E-state index is 0.0308. The lowest BCUT2D eigenvalue weighted by molar-refractivity contribution is -0.131. The molecule has 6 heteroatoms. The number of carbonyl (C=O) groups is 2. The Bertz CT molecular complexity index is 972. The first-order chi connectivity index (χ1) is 13.1. The van der Waals surface area contributed by atoms with Crippen molar-refractivity contribution in [1.29, 1.82) is 0 Å². The van der Waals surface area contributed by atoms with Gasteiger partial charge in [-0.05, 0) is 29.8 Å². The molecule has 2 heterocycles. The Morgan fingerprint density at radius 1 is 0.963 bits per heavy atom. The molecular formula is C21H22N4O2. The highest BCUT2D eigenvalue weighted by Gasteiger charge is 2.24. The fourth-order valence-electron chi connectivity index (χ4n) is 3.50. The maximum atomic E-state index is 12.7. The lowest BCUT2D eigenvalue weighted by Crippen LogP contribution is -2.51. The van der Waals surface area contributed by atoms with E-state index in [0.717, 1.165) is 16.6 Å². The van der Waals surface area contributed by atoms with E-state index in [2.05, 4.69) is 4.98 Å². The summed E-state index contributed by atoms with van der Waals surface area (Å²) in [6.07, 6.45) is 2.14. The molecule has 0 aliphatic carbocycles. The highest BCUT2D eigenvalue weighted by Crippen LogP contribution is 2.16. The molecule has 1 fully saturated rings. The Kier molecular flexibility index (Phi) is 4.62. The predicted octanol–water partition coefficient (Wildman–Crippen LogP) is 2.10. The Hall–Kier alpha value is -3.15. The number of piperazine rings is 1. The van der Waals surface area contributed by atoms with Gasteiger partial charge in [0.25, 0.3) is 5.91 Å². The zero-order valence-electron chi connectivity index (χ0n) is 15.3. The van der Waals surface area contributed by atoms with Gasteiger partial charge in [0.2, 0.25) is 5.91 Å². The second-order valence-electron chi connectivity index (χ2n) is 6.89. The molecule has 0 atom stereocenters. The van der Waals surface area contributed by atoms with Crippen molar-refractivity contribution < 1.29 is 9.59 Å². The van der Waals surface area contributed by atoms with Crippen LogP contribution in [0.3, 0.4) is 0 Å². The molecule has 1 aliphatic rings. The minimum Gasteiger partial charge on any atom is -0.339 e. The number of benzene rings is 2. The first-order valence-electron chi connectivity index (χ1n) is 9.14. The van der Waals surface area contributed by atoms with E-state index in [1.807, 2.05) is 69.9 Å². The lowest BCUT2D eigenvalue weighted by Gasteiger charge is -2.35. The van der Waals surface area contributed by atoms with E-state index in [1.165, 1.54) is 0 Å². The maximum absolute atomic E-state index is 12.7. The summed E-state index contributed by atoms with van der Waals surface area (Å²) in [7, 11) is 1.95. The van der Waals surface area contributed by atoms with Gasteiger partial charge >= 0.3 is 0 Å². The number of hydrogen-bond acceptors (Lipinski definition) is 3. The summed E-state index contributed by atoms with van der Waals surface area (Å²) in [5.41, 5.74) is 3.62. The molecular weight excluding hydrogens is 340 g/mol. The molecule has 6 nitrogen and oxygen atoms in total. The Labute approximate surface area is 158 Å². The Morgan fingerprint density at radius 2 is 1.67 bits per heavy atom. The summed E-state index contributed by atoms with van der Waals surface area (Å²) in [6.45, 7) is 2.28. The molecule has 1 aliphatic heterocycles. The Balaban J connectivity index is 1.36. The van der Waals surface area contributed by atoms with Crippen molar-refractivity contribution in [2.24, 2.45) is 7.05 Å². The van der Waals surface area contributed by atoms with Gasteiger partial charge in [0, 0.05) is 38.8 Å². The van der Waals surface area contributed by atoms with Crippen LogP contribution in [0.25, 0.3) is 11.0 Å². The second kappa shape index (κ2) is 7.23. The van der Waals surface area contributed by atoms with Crippen molar-refractivity contribution in [3.63, 3.8) is 0 Å². The van der Waals surface area contributed by atoms with Gasteiger partial charge in [-0.2, -0.15) is 0 Å². The molecule has 0 unspecified atom stereocenters. The van der Waals surface area contributed by atoms with Crippen LogP contribution in [0.5, 0.6) is 0 Å². The second-order valence-corrected chi connectivity index (χ2v) is 6.89. The van der Waals surface area contributed by atoms with Gasteiger partial charge in [-0.3, -0.25) is 9.59 Å². The molecule has 0 spiro atoms. The van der Waals surface area contributed by atoms with Crippen molar-refractivity contribution in [1.82, 2.24) is 19.4 Å². The highest BCUT2D eigenvalue weighted by molar-refractivity contribution is 5.94. The summed E-state index contributed by atoms with van der Waals surface area (Å²) in [5, 5.41) is 0. The van der Waals surface area contributed by atoms with Crippen LogP contribution >= 0.6 is 0 Å². The molecule has 1 aromatic heterocycles. The van der Waals surface area contributed by atoms with Crippen molar-refractivity contribution in [2.75, 3.05) is 26.2 Å². The molecule has 27 heavy (non-hydrogen) atoms. The van der Waals surface area contributed by atoms with Gasteiger partial charge in [0.1, 0.15) is 0 Å². The normalized spacial score (nSPS) is 14.6. The van der Waals surface area contributed by atoms with Crippen LogP contribution in [0.2, 0.25) is 0 Å². The van der Waals surface area contributed by atoms with Crippen molar-refractivity contribution in [2.45, 2.75) is 6.42 Å². The highest BCUT2D eigenvalue weighted by atomic mass is 16.2. The zero-order chi connectivity index (χ0) is 18.8. The number of imidazole rings is 1. The molecule has 1 saturated heterocycles. The summed E-state index contributed by atoms with van der Waals surface area (Å²) in [4.78, 5) is 33.2. The third kappa shape index (κ3) is 3.56. The smallest absolute Gasteiger partial charge is 0.253 e. The summed E-state index contributed by atoms with van der Waals surface area (Å²) in [5.74, 6) is 0.125. The lowest BCUT2D eigenvalue weighted by atomic mass is 10.1. The van der Waals surface area contributed by atoms with Gasteiger partial charge in [-0.1, -0.05) is 24.3 Å². The number of carbonyl (C=O) groups excluding carboxylic acids is 2. The van der Waals surface area contributed by atoms with Crippen LogP contribution in [0.1, 0.15) is 15.9 Å². The van der Waals surface area contributed by atoms with Crippen LogP contribution in [0, 0.1) is 0 Å². The first kappa shape index (κ1) is 17.3. The number of aryl methyl sites for hydroxylation is 1. The van der Waals surface area contributed by atoms with E-state index >= 15 is 0 Å². The third-order valence-corrected chi connectivity index (χ3v) is 5.09. The summed E-state index contributed by atoms with van der Waals surface area (Å²) in [6, 6.07) is 15.2. The average Bonchev–Trinajstić information content (AvgIpc) is 3.08. The number of nitrogens with zero attached hydrogens (tertiary/aromatic N) is 4. The molecule has 138 valence electrons. The van der Waals surface area contributed by atoms with Crippen molar-refractivity contribution in [3.05, 3.63) is 66.0 Å². The van der Waals surface area contributed by atoms with E-state index in [0.29, 0.717) is 38.2 Å². The predicted molar refractivity (Wildman–Crippen MR) is 103 cm³/mol. The number of fused-ring (bicyclic) bond motifs is 1. The SMILES string of the molecule is Cn1cnc2cc(CC(=O)N3CCN(C(=O)c4ccccc4)CC3)ccc21. The fourth-order valence-corrected chi connectivity index (χ4v) is 3.50. The summed E-state index contributed by atoms with van der Waals surface area (Å²) < 4.78 is 1.96. The van der Waals surface area contributed by atoms with E-state index in [1.54, 1.807) is 6.33 Å². The monoisotopic (exact) mass is 362 g/mol. The molecule has 4 rings (SSSR count). The van der Waals surface area contributed by atoms with E-state index in [9.17, 15) is 9.59 Å². The van der Waals surface area contributed by atoms with Crippen molar-refractivity contribution >= 4 is 22.8 Å². The van der Waals surface area contributed by atoms with Gasteiger partial charge in [-0.15, -0.1) is 0 Å². The topological polar surface area (TPSA) is 58.4 Å². The molecule has 0 N–H and O–H groups in total. The van der Waals surface area contributed by atoms with E-state index < -0.39 is 0 Å². The van der Waals surface area contributed by atoms with Crippen LogP contribution < -0.4 is 0 Å². The number of aromatic nitrogens is 2. The van der Waals surface area contributed by atoms with Crippen LogP contribution in [0.4, 0.5) is 0 Å². The van der Waals surface area contributed by atoms with Gasteiger partial charge in [0.15, 0.2) is 0 Å². The average molecular weight is 362 g/mol. The first-order valence-corrected chi connectivity index (χ1v) is 9.14. The zero-order valence-corrected chi connectivity index (χ0v) is 15.3. The minimum absolute atomic E-state index is 0.0308. The molecule has 2 amide bonds. The van der Waals surface area contributed by atoms with Crippen LogP contribution in [-0.2, 0) is 18.3 Å². The Morgan fingerprint density at radius 3 is 2.41 bits per heavy atom. The molecule has 3 aromatic rings. The molecule has 0 saturated carbocycles. The van der Waals surface area contributed by atoms with E-state index in [4.69, 9.17) is 0 Å². The van der Waals surface area contributed by atoms with E-state index in [-0.39, 0.29) is 11.8 Å². The van der Waals surface area contributed by atoms with Gasteiger partial charge < -0.3 is 14.4 Å².